The van der Waals surface area contributed by atoms with Crippen molar-refractivity contribution in [2.75, 3.05) is 0 Å². The van der Waals surface area contributed by atoms with Crippen LogP contribution in [0.3, 0.4) is 0 Å². The van der Waals surface area contributed by atoms with Gasteiger partial charge >= 0.3 is 0 Å². The van der Waals surface area contributed by atoms with Crippen LogP contribution in [0.25, 0.3) is 53.9 Å². The molecule has 25 heavy (non-hydrogen) atoms. The second kappa shape index (κ2) is 4.13. The third-order valence-corrected chi connectivity index (χ3v) is 5.89. The van der Waals surface area contributed by atoms with Gasteiger partial charge in [-0.2, -0.15) is 0 Å². The highest BCUT2D eigenvalue weighted by atomic mass is 35.5. The number of hydrogen-bond donors (Lipinski definition) is 1. The van der Waals surface area contributed by atoms with Gasteiger partial charge in [0.1, 0.15) is 0 Å². The number of halogens is 2. The van der Waals surface area contributed by atoms with Crippen LogP contribution in [0.2, 0.25) is 10.0 Å². The van der Waals surface area contributed by atoms with Gasteiger partial charge < -0.3 is 0 Å². The zero-order valence-corrected chi connectivity index (χ0v) is 14.0. The maximum atomic E-state index is 12.6. The molecule has 5 aromatic carbocycles. The zero-order chi connectivity index (χ0) is 17.0. The van der Waals surface area contributed by atoms with Gasteiger partial charge in [0, 0.05) is 37.0 Å². The molecule has 1 heterocycles. The van der Waals surface area contributed by atoms with Crippen LogP contribution in [0.5, 0.6) is 0 Å². The summed E-state index contributed by atoms with van der Waals surface area (Å²) in [5.41, 5.74) is -0.738. The number of rotatable bonds is 0. The summed E-state index contributed by atoms with van der Waals surface area (Å²) in [6.45, 7) is 0. The first-order chi connectivity index (χ1) is 12.1. The predicted molar refractivity (Wildman–Crippen MR) is 104 cm³/mol. The summed E-state index contributed by atoms with van der Waals surface area (Å²) in [5.74, 6) is 0. The van der Waals surface area contributed by atoms with Crippen LogP contribution in [0, 0.1) is 0 Å². The highest BCUT2D eigenvalue weighted by molar-refractivity contribution is 6.48. The normalized spacial score (nSPS) is 12.7. The van der Waals surface area contributed by atoms with Crippen molar-refractivity contribution in [2.45, 2.75) is 0 Å². The Kier molecular flexibility index (Phi) is 2.25. The van der Waals surface area contributed by atoms with E-state index in [-0.39, 0.29) is 11.1 Å². The van der Waals surface area contributed by atoms with Gasteiger partial charge in [0.2, 0.25) is 0 Å². The molecule has 0 aliphatic carbocycles. The first-order valence-corrected chi connectivity index (χ1v) is 8.52. The lowest BCUT2D eigenvalue weighted by atomic mass is 10.00. The smallest absolute Gasteiger partial charge is 0.259 e. The minimum absolute atomic E-state index is 0.367. The van der Waals surface area contributed by atoms with Crippen molar-refractivity contribution in [3.05, 3.63) is 67.2 Å². The van der Waals surface area contributed by atoms with E-state index in [2.05, 4.69) is 4.98 Å². The molecular weight excluding hydrogens is 357 g/mol. The fraction of sp³-hybridized carbons (Fsp3) is 0. The van der Waals surface area contributed by atoms with Gasteiger partial charge in [-0.3, -0.25) is 14.6 Å². The Balaban J connectivity index is 2.22. The first-order valence-electron chi connectivity index (χ1n) is 7.76. The molecule has 3 nitrogen and oxygen atoms in total. The van der Waals surface area contributed by atoms with E-state index in [1.807, 2.05) is 36.4 Å². The van der Waals surface area contributed by atoms with Crippen molar-refractivity contribution in [2.24, 2.45) is 0 Å². The quantitative estimate of drug-likeness (QED) is 0.407. The van der Waals surface area contributed by atoms with Crippen LogP contribution < -0.4 is 11.1 Å². The van der Waals surface area contributed by atoms with Gasteiger partial charge in [-0.15, -0.1) is 0 Å². The molecule has 0 amide bonds. The summed E-state index contributed by atoms with van der Waals surface area (Å²) in [6.07, 6.45) is 0. The Labute approximate surface area is 149 Å². The van der Waals surface area contributed by atoms with Crippen molar-refractivity contribution in [1.82, 2.24) is 4.98 Å². The number of nitrogens with one attached hydrogen (secondary N) is 1. The lowest BCUT2D eigenvalue weighted by Gasteiger charge is -2.00. The number of fused-ring (bicyclic) bond motifs is 14. The fourth-order valence-corrected chi connectivity index (χ4v) is 4.72. The Morgan fingerprint density at radius 2 is 1.04 bits per heavy atom. The molecule has 1 N–H and O–H groups in total. The van der Waals surface area contributed by atoms with Crippen molar-refractivity contribution in [3.8, 4) is 0 Å². The summed E-state index contributed by atoms with van der Waals surface area (Å²) >= 11 is 12.8. The maximum Gasteiger partial charge on any atom is 0.259 e. The molecule has 1 aromatic heterocycles. The number of aromatic amines is 1. The third kappa shape index (κ3) is 1.41. The average molecular weight is 364 g/mol. The molecule has 0 atom stereocenters. The van der Waals surface area contributed by atoms with Crippen molar-refractivity contribution in [1.29, 1.82) is 0 Å². The molecule has 5 heteroatoms. The standard InChI is InChI=1S/C20H7Cl2NO2/c21-11-4-2-8-6-9(11)15-13-7-1-3-12(22)10(5-7)16(13)18-17(14(8)15)19(24)23-20(18)25/h1-6H,(H,23,24,25). The molecular formula is C20H7Cl2NO2. The summed E-state index contributed by atoms with van der Waals surface area (Å²) in [4.78, 5) is 27.6. The molecule has 0 fully saturated rings. The predicted octanol–water partition coefficient (Wildman–Crippen LogP) is 5.12. The number of aromatic nitrogens is 1. The molecule has 0 saturated carbocycles. The van der Waals surface area contributed by atoms with E-state index >= 15 is 0 Å². The molecule has 6 rings (SSSR count). The molecule has 0 aliphatic rings. The van der Waals surface area contributed by atoms with Gasteiger partial charge in [-0.1, -0.05) is 35.3 Å². The van der Waals surface area contributed by atoms with Gasteiger partial charge in [0.05, 0.1) is 10.8 Å². The highest BCUT2D eigenvalue weighted by Gasteiger charge is 2.24. The minimum atomic E-state index is -0.372. The monoisotopic (exact) mass is 363 g/mol. The molecule has 0 aliphatic heterocycles. The maximum absolute atomic E-state index is 12.6. The van der Waals surface area contributed by atoms with Crippen molar-refractivity contribution >= 4 is 77.1 Å². The second-order valence-electron chi connectivity index (χ2n) is 6.42. The van der Waals surface area contributed by atoms with Crippen LogP contribution >= 0.6 is 23.2 Å². The number of benzene rings is 3. The third-order valence-electron chi connectivity index (χ3n) is 5.23. The van der Waals surface area contributed by atoms with Gasteiger partial charge in [-0.25, -0.2) is 0 Å². The van der Waals surface area contributed by atoms with Gasteiger partial charge in [0.25, 0.3) is 11.1 Å². The Morgan fingerprint density at radius 3 is 1.60 bits per heavy atom. The van der Waals surface area contributed by atoms with E-state index in [0.717, 1.165) is 43.1 Å². The van der Waals surface area contributed by atoms with Crippen molar-refractivity contribution in [3.63, 3.8) is 0 Å². The van der Waals surface area contributed by atoms with Crippen LogP contribution in [0.4, 0.5) is 0 Å². The van der Waals surface area contributed by atoms with Gasteiger partial charge in [0.15, 0.2) is 0 Å². The summed E-state index contributed by atoms with van der Waals surface area (Å²) in [5, 5.41) is 8.97. The molecule has 0 spiro atoms. The minimum Gasteiger partial charge on any atom is -0.288 e. The Morgan fingerprint density at radius 1 is 0.600 bits per heavy atom. The van der Waals surface area contributed by atoms with E-state index in [1.165, 1.54) is 0 Å². The molecule has 0 radical (unpaired) electrons. The van der Waals surface area contributed by atoms with E-state index < -0.39 is 0 Å². The topological polar surface area (TPSA) is 49.9 Å². The first kappa shape index (κ1) is 13.6. The van der Waals surface area contributed by atoms with E-state index in [4.69, 9.17) is 23.2 Å². The summed E-state index contributed by atoms with van der Waals surface area (Å²) in [7, 11) is 0. The molecule has 4 bridgehead atoms. The summed E-state index contributed by atoms with van der Waals surface area (Å²) in [6, 6.07) is 11.4. The largest absolute Gasteiger partial charge is 0.288 e. The SMILES string of the molecule is O=c1[nH]c(=O)c2c1c1c3ccc(Cl)c(c3)c1c1c3ccc(Cl)c(c3)c21. The molecule has 118 valence electrons. The van der Waals surface area contributed by atoms with Crippen LogP contribution in [-0.4, -0.2) is 4.98 Å². The van der Waals surface area contributed by atoms with Crippen LogP contribution in [0.1, 0.15) is 0 Å². The summed E-state index contributed by atoms with van der Waals surface area (Å²) < 4.78 is 0. The number of H-pyrrole nitrogens is 1. The van der Waals surface area contributed by atoms with Crippen molar-refractivity contribution < 1.29 is 0 Å². The highest BCUT2D eigenvalue weighted by Crippen LogP contribution is 2.47. The van der Waals surface area contributed by atoms with E-state index in [0.29, 0.717) is 20.8 Å². The second-order valence-corrected chi connectivity index (χ2v) is 7.24. The Bertz CT molecular complexity index is 1600. The number of hydrogen-bond acceptors (Lipinski definition) is 2. The zero-order valence-electron chi connectivity index (χ0n) is 12.5. The fourth-order valence-electron chi connectivity index (χ4n) is 4.29. The van der Waals surface area contributed by atoms with Gasteiger partial charge in [-0.05, 0) is 40.4 Å². The molecule has 0 saturated heterocycles. The van der Waals surface area contributed by atoms with Crippen LogP contribution in [0.15, 0.2) is 46.0 Å². The Hall–Kier alpha value is -2.62. The lowest BCUT2D eigenvalue weighted by molar-refractivity contribution is 1.26. The van der Waals surface area contributed by atoms with E-state index in [9.17, 15) is 9.59 Å². The van der Waals surface area contributed by atoms with E-state index in [1.54, 1.807) is 0 Å². The average Bonchev–Trinajstić information content (AvgIpc) is 3.18. The molecule has 6 aromatic rings. The van der Waals surface area contributed by atoms with Crippen LogP contribution in [-0.2, 0) is 0 Å². The molecule has 0 unspecified atom stereocenters. The lowest BCUT2D eigenvalue weighted by Crippen LogP contribution is -2.05.